The third-order valence-corrected chi connectivity index (χ3v) is 8.77. The van der Waals surface area contributed by atoms with Crippen molar-refractivity contribution in [2.75, 3.05) is 0 Å². The molecule has 0 heterocycles. The molecule has 0 unspecified atom stereocenters. The molecule has 0 saturated heterocycles. The summed E-state index contributed by atoms with van der Waals surface area (Å²) >= 11 is -0.653. The van der Waals surface area contributed by atoms with Crippen LogP contribution in [0.2, 0.25) is 0 Å². The van der Waals surface area contributed by atoms with Crippen LogP contribution < -0.4 is 0 Å². The van der Waals surface area contributed by atoms with Crippen LogP contribution >= 0.6 is 0 Å². The minimum atomic E-state index is -0.653. The van der Waals surface area contributed by atoms with Gasteiger partial charge >= 0.3 is 210 Å². The van der Waals surface area contributed by atoms with Crippen molar-refractivity contribution in [2.45, 2.75) is 78.6 Å². The molecule has 172 valence electrons. The molecule has 0 spiro atoms. The molecule has 3 aromatic carbocycles. The molecule has 0 bridgehead atoms. The molecule has 33 heavy (non-hydrogen) atoms. The van der Waals surface area contributed by atoms with Crippen LogP contribution in [0, 0.1) is 0 Å². The zero-order valence-electron chi connectivity index (χ0n) is 21.5. The van der Waals surface area contributed by atoms with Crippen molar-refractivity contribution in [2.24, 2.45) is 3.50 Å². The molecule has 0 aliphatic heterocycles. The van der Waals surface area contributed by atoms with Gasteiger partial charge < -0.3 is 0 Å². The van der Waals surface area contributed by atoms with Crippen LogP contribution in [-0.2, 0) is 23.3 Å². The second kappa shape index (κ2) is 11.0. The van der Waals surface area contributed by atoms with E-state index >= 15 is 0 Å². The van der Waals surface area contributed by atoms with Gasteiger partial charge in [0.05, 0.1) is 0 Å². The molecule has 0 aromatic heterocycles. The first-order valence-electron chi connectivity index (χ1n) is 12.2. The molecule has 0 N–H and O–H groups in total. The predicted octanol–water partition coefficient (Wildman–Crippen LogP) is 9.40. The van der Waals surface area contributed by atoms with Crippen LogP contribution in [0.15, 0.2) is 70.2 Å². The van der Waals surface area contributed by atoms with Gasteiger partial charge in [0.2, 0.25) is 0 Å². The van der Waals surface area contributed by atoms with Gasteiger partial charge in [-0.15, -0.1) is 0 Å². The molecular formula is C31H39MoN+2. The van der Waals surface area contributed by atoms with Crippen molar-refractivity contribution in [1.29, 1.82) is 0 Å². The molecule has 0 atom stereocenters. The van der Waals surface area contributed by atoms with E-state index in [1.807, 2.05) is 0 Å². The van der Waals surface area contributed by atoms with E-state index in [1.165, 1.54) is 33.4 Å². The fourth-order valence-corrected chi connectivity index (χ4v) is 5.96. The van der Waals surface area contributed by atoms with Crippen molar-refractivity contribution in [3.63, 3.8) is 0 Å². The Hall–Kier alpha value is -1.98. The zero-order chi connectivity index (χ0) is 24.2. The van der Waals surface area contributed by atoms with Gasteiger partial charge in [-0.1, -0.05) is 0 Å². The average Bonchev–Trinajstić information content (AvgIpc) is 2.79. The normalized spacial score (nSPS) is 11.7. The molecule has 3 rings (SSSR count). The topological polar surface area (TPSA) is 12.4 Å². The van der Waals surface area contributed by atoms with Gasteiger partial charge in [-0.25, -0.2) is 0 Å². The van der Waals surface area contributed by atoms with E-state index in [2.05, 4.69) is 127 Å². The third-order valence-electron chi connectivity index (χ3n) is 6.32. The Morgan fingerprint density at radius 2 is 1.27 bits per heavy atom. The molecule has 3 aromatic rings. The van der Waals surface area contributed by atoms with Gasteiger partial charge in [-0.2, -0.15) is 0 Å². The molecule has 0 radical (unpaired) electrons. The van der Waals surface area contributed by atoms with E-state index in [0.717, 1.165) is 5.69 Å². The Bertz CT molecular complexity index is 1120. The fourth-order valence-electron chi connectivity index (χ4n) is 4.18. The molecule has 0 aliphatic carbocycles. The summed E-state index contributed by atoms with van der Waals surface area (Å²) < 4.78 is 7.68. The summed E-state index contributed by atoms with van der Waals surface area (Å²) in [5.74, 6) is 1.45. The summed E-state index contributed by atoms with van der Waals surface area (Å²) in [5.41, 5.74) is 9.55. The first kappa shape index (κ1) is 25.6. The molecular weight excluding hydrogens is 482 g/mol. The van der Waals surface area contributed by atoms with Crippen LogP contribution in [0.5, 0.6) is 0 Å². The molecule has 0 amide bonds. The number of nitrogens with zero attached hydrogens (tertiary/aromatic N) is 1. The van der Waals surface area contributed by atoms with Gasteiger partial charge in [-0.05, 0) is 0 Å². The Kier molecular flexibility index (Phi) is 8.52. The van der Waals surface area contributed by atoms with Crippen molar-refractivity contribution >= 4 is 10.1 Å². The van der Waals surface area contributed by atoms with E-state index in [1.54, 1.807) is 0 Å². The van der Waals surface area contributed by atoms with E-state index in [-0.39, 0.29) is 5.41 Å². The first-order chi connectivity index (χ1) is 15.6. The number of hydrogen-bond acceptors (Lipinski definition) is 1. The summed E-state index contributed by atoms with van der Waals surface area (Å²) in [7, 11) is 0. The van der Waals surface area contributed by atoms with Gasteiger partial charge in [0.25, 0.3) is 0 Å². The second-order valence-corrected chi connectivity index (χ2v) is 12.0. The van der Waals surface area contributed by atoms with Gasteiger partial charge in [0.15, 0.2) is 0 Å². The monoisotopic (exact) mass is 523 g/mol. The quantitative estimate of drug-likeness (QED) is 0.275. The zero-order valence-corrected chi connectivity index (χ0v) is 23.5. The Labute approximate surface area is 209 Å². The van der Waals surface area contributed by atoms with Crippen LogP contribution in [0.4, 0.5) is 5.69 Å². The first-order valence-corrected chi connectivity index (χ1v) is 14.2. The number of benzene rings is 3. The standard InChI is InChI=1S/C21H27N.C10H12.Mo/c1-13(2)16-11-18(14(3)4)21(19(12-16)15(5)6)17-9-7-8-10-20(17)22;1-10(2,3)9-7-5-4-6-8-9;/h7-15H,1-6H3;1,4-8H,2-3H3;/q;;+2. The summed E-state index contributed by atoms with van der Waals surface area (Å²) in [6.45, 7) is 18.5. The number of rotatable bonds is 7. The van der Waals surface area contributed by atoms with Crippen LogP contribution in [-0.4, -0.2) is 4.40 Å². The molecule has 0 fully saturated rings. The van der Waals surface area contributed by atoms with Gasteiger partial charge in [-0.3, -0.25) is 0 Å². The van der Waals surface area contributed by atoms with Gasteiger partial charge in [0, 0.05) is 0 Å². The van der Waals surface area contributed by atoms with Crippen LogP contribution in [0.1, 0.15) is 95.4 Å². The summed E-state index contributed by atoms with van der Waals surface area (Å²) in [4.78, 5) is 0. The minimum absolute atomic E-state index is 0.0348. The second-order valence-electron chi connectivity index (χ2n) is 10.5. The van der Waals surface area contributed by atoms with E-state index < -0.39 is 17.9 Å². The maximum atomic E-state index is 5.23. The fraction of sp³-hybridized carbons (Fsp3) is 0.387. The van der Waals surface area contributed by atoms with Crippen molar-refractivity contribution < 1.29 is 17.9 Å². The Morgan fingerprint density at radius 1 is 0.727 bits per heavy atom. The Morgan fingerprint density at radius 3 is 1.82 bits per heavy atom. The summed E-state index contributed by atoms with van der Waals surface area (Å²) in [5, 5.41) is 0. The molecule has 0 aliphatic rings. The molecule has 2 heteroatoms. The van der Waals surface area contributed by atoms with Crippen molar-refractivity contribution in [3.05, 3.63) is 89.0 Å². The van der Waals surface area contributed by atoms with Crippen molar-refractivity contribution in [3.8, 4) is 11.1 Å². The third kappa shape index (κ3) is 6.13. The van der Waals surface area contributed by atoms with Crippen LogP contribution in [0.3, 0.4) is 0 Å². The van der Waals surface area contributed by atoms with E-state index in [0.29, 0.717) is 17.8 Å². The predicted molar refractivity (Wildman–Crippen MR) is 142 cm³/mol. The van der Waals surface area contributed by atoms with Crippen LogP contribution in [0.25, 0.3) is 11.1 Å². The average molecular weight is 522 g/mol. The van der Waals surface area contributed by atoms with Crippen molar-refractivity contribution in [1.82, 2.24) is 0 Å². The van der Waals surface area contributed by atoms with Gasteiger partial charge in [0.1, 0.15) is 0 Å². The Balaban J connectivity index is 2.16. The maximum absolute atomic E-state index is 5.23. The summed E-state index contributed by atoms with van der Waals surface area (Å²) in [6.07, 6.45) is 0. The number of hydrogen-bond donors (Lipinski definition) is 0. The molecule has 1 nitrogen and oxygen atoms in total. The van der Waals surface area contributed by atoms with E-state index in [9.17, 15) is 0 Å². The van der Waals surface area contributed by atoms with E-state index in [4.69, 9.17) is 3.50 Å². The summed E-state index contributed by atoms with van der Waals surface area (Å²) in [6, 6.07) is 24.4. The SMILES string of the molecule is CC(C)c1cc(C(C)C)c(-c2ccccc2[N]=[Mo+2]=[CH]C(C)(C)c2ccccc2)c(C(C)C)c1. The molecule has 0 saturated carbocycles.